The van der Waals surface area contributed by atoms with Gasteiger partial charge in [-0.15, -0.1) is 0 Å². The fourth-order valence-corrected chi connectivity index (χ4v) is 5.46. The summed E-state index contributed by atoms with van der Waals surface area (Å²) in [6.07, 6.45) is -4.70. The Kier molecular flexibility index (Phi) is 6.95. The Hall–Kier alpha value is -4.00. The van der Waals surface area contributed by atoms with Gasteiger partial charge in [0.25, 0.3) is 0 Å². The Balaban J connectivity index is 1.37. The summed E-state index contributed by atoms with van der Waals surface area (Å²) in [6.45, 7) is -0.872. The van der Waals surface area contributed by atoms with Gasteiger partial charge < -0.3 is 24.7 Å². The Morgan fingerprint density at radius 1 is 1.14 bits per heavy atom. The molecular formula is C30H27F4N3O5. The van der Waals surface area contributed by atoms with Crippen LogP contribution < -0.4 is 20.3 Å². The zero-order valence-corrected chi connectivity index (χ0v) is 22.3. The molecule has 220 valence electrons. The third-order valence-electron chi connectivity index (χ3n) is 7.90. The second-order valence-corrected chi connectivity index (χ2v) is 10.7. The number of nitrogens with zero attached hydrogens (tertiary/aromatic N) is 1. The lowest BCUT2D eigenvalue weighted by Gasteiger charge is -2.31. The molecule has 8 nitrogen and oxygen atoms in total. The van der Waals surface area contributed by atoms with Crippen LogP contribution in [0.15, 0.2) is 59.4 Å². The number of aromatic nitrogens is 2. The molecule has 42 heavy (non-hydrogen) atoms. The molecule has 3 heterocycles. The van der Waals surface area contributed by atoms with E-state index < -0.39 is 36.3 Å². The highest BCUT2D eigenvalue weighted by Crippen LogP contribution is 2.51. The fourth-order valence-electron chi connectivity index (χ4n) is 5.46. The first-order chi connectivity index (χ1) is 20.0. The minimum atomic E-state index is -4.60. The molecule has 1 fully saturated rings. The van der Waals surface area contributed by atoms with Crippen molar-refractivity contribution < 1.29 is 37.2 Å². The van der Waals surface area contributed by atoms with Gasteiger partial charge in [0.05, 0.1) is 18.3 Å². The third-order valence-corrected chi connectivity index (χ3v) is 7.90. The van der Waals surface area contributed by atoms with Crippen LogP contribution >= 0.6 is 0 Å². The van der Waals surface area contributed by atoms with E-state index >= 15 is 0 Å². The van der Waals surface area contributed by atoms with E-state index in [0.717, 1.165) is 0 Å². The summed E-state index contributed by atoms with van der Waals surface area (Å²) in [5, 5.41) is 26.5. The normalized spacial score (nSPS) is 18.8. The van der Waals surface area contributed by atoms with Crippen LogP contribution in [0.5, 0.6) is 11.5 Å². The average Bonchev–Trinajstić information content (AvgIpc) is 3.73. The summed E-state index contributed by atoms with van der Waals surface area (Å²) < 4.78 is 66.4. The number of H-pyrrole nitrogens is 1. The minimum Gasteiger partial charge on any atom is -0.495 e. The molecule has 12 heteroatoms. The number of aromatic amines is 1. The van der Waals surface area contributed by atoms with E-state index in [0.29, 0.717) is 40.6 Å². The summed E-state index contributed by atoms with van der Waals surface area (Å²) >= 11 is 0. The number of alkyl halides is 3. The highest BCUT2D eigenvalue weighted by atomic mass is 19.4. The number of pyridine rings is 2. The summed E-state index contributed by atoms with van der Waals surface area (Å²) in [7, 11) is 1.42. The van der Waals surface area contributed by atoms with Gasteiger partial charge in [-0.05, 0) is 72.9 Å². The van der Waals surface area contributed by atoms with Crippen molar-refractivity contribution >= 4 is 10.9 Å². The molecule has 2 aromatic heterocycles. The number of aliphatic hydroxyl groups is 2. The molecule has 0 spiro atoms. The number of hydrogen-bond donors (Lipinski definition) is 4. The van der Waals surface area contributed by atoms with E-state index in [-0.39, 0.29) is 40.7 Å². The van der Waals surface area contributed by atoms with Gasteiger partial charge in [0.15, 0.2) is 0 Å². The standard InChI is InChI=1S/C30H27F4N3O5/c1-41-22-11-17(10-16-4-9-24(38)37-25(16)22)28(39)35-14-29(40,18-5-6-18)23-12-20-21(30(32,33)34)13-42-27(20)26(36-23)15-2-7-19(31)8-3-15/h2-4,7-12,18,21,28,35,39-40H,5-6,13-14H2,1H3,(H,37,38)/t21-,28?,29?/m1/s1. The van der Waals surface area contributed by atoms with Crippen molar-refractivity contribution in [2.24, 2.45) is 5.92 Å². The summed E-state index contributed by atoms with van der Waals surface area (Å²) in [5.41, 5.74) is -0.976. The van der Waals surface area contributed by atoms with E-state index in [2.05, 4.69) is 15.3 Å². The van der Waals surface area contributed by atoms with Crippen molar-refractivity contribution in [2.45, 2.75) is 36.8 Å². The summed E-state index contributed by atoms with van der Waals surface area (Å²) in [4.78, 5) is 19.0. The molecule has 1 saturated carbocycles. The zero-order valence-electron chi connectivity index (χ0n) is 22.3. The molecule has 0 amide bonds. The quantitative estimate of drug-likeness (QED) is 0.176. The number of benzene rings is 2. The van der Waals surface area contributed by atoms with Crippen LogP contribution in [-0.4, -0.2) is 46.6 Å². The molecule has 1 aliphatic heterocycles. The molecule has 2 aliphatic rings. The van der Waals surface area contributed by atoms with Gasteiger partial charge in [0, 0.05) is 29.1 Å². The second kappa shape index (κ2) is 10.4. The van der Waals surface area contributed by atoms with Gasteiger partial charge in [0.1, 0.15) is 47.4 Å². The van der Waals surface area contributed by atoms with Crippen LogP contribution in [0.25, 0.3) is 22.2 Å². The maximum Gasteiger partial charge on any atom is 0.399 e. The highest BCUT2D eigenvalue weighted by Gasteiger charge is 2.50. The van der Waals surface area contributed by atoms with Crippen LogP contribution in [0.3, 0.4) is 0 Å². The third kappa shape index (κ3) is 5.10. The lowest BCUT2D eigenvalue weighted by atomic mass is 9.88. The molecule has 0 radical (unpaired) electrons. The van der Waals surface area contributed by atoms with Crippen LogP contribution in [-0.2, 0) is 5.60 Å². The average molecular weight is 586 g/mol. The largest absolute Gasteiger partial charge is 0.495 e. The fraction of sp³-hybridized carbons (Fsp3) is 0.333. The predicted octanol–water partition coefficient (Wildman–Crippen LogP) is 4.65. The van der Waals surface area contributed by atoms with E-state index in [9.17, 15) is 32.6 Å². The van der Waals surface area contributed by atoms with Gasteiger partial charge >= 0.3 is 6.18 Å². The molecule has 0 bridgehead atoms. The molecule has 4 aromatic rings. The Labute approximate surface area is 236 Å². The van der Waals surface area contributed by atoms with Crippen molar-refractivity contribution in [2.75, 3.05) is 20.3 Å². The second-order valence-electron chi connectivity index (χ2n) is 10.7. The summed E-state index contributed by atoms with van der Waals surface area (Å²) in [6, 6.07) is 12.5. The Bertz CT molecular complexity index is 1700. The SMILES string of the molecule is COc1cc(C(O)NCC(O)(c2cc3c(c(-c4ccc(F)cc4)n2)OC[C@H]3C(F)(F)F)C2CC2)cc2ccc(=O)[nH]c12. The minimum absolute atomic E-state index is 0.00353. The topological polar surface area (TPSA) is 117 Å². The number of rotatable bonds is 8. The Morgan fingerprint density at radius 2 is 1.88 bits per heavy atom. The van der Waals surface area contributed by atoms with Crippen molar-refractivity contribution in [3.63, 3.8) is 0 Å². The van der Waals surface area contributed by atoms with E-state index in [1.807, 2.05) is 0 Å². The van der Waals surface area contributed by atoms with Gasteiger partial charge in [0.2, 0.25) is 5.56 Å². The Morgan fingerprint density at radius 3 is 2.55 bits per heavy atom. The van der Waals surface area contributed by atoms with E-state index in [1.165, 1.54) is 49.6 Å². The number of halogens is 4. The molecule has 2 aromatic carbocycles. The number of hydrogen-bond acceptors (Lipinski definition) is 7. The zero-order chi connectivity index (χ0) is 29.8. The molecule has 2 unspecified atom stereocenters. The van der Waals surface area contributed by atoms with Crippen LogP contribution in [0.2, 0.25) is 0 Å². The van der Waals surface area contributed by atoms with Crippen LogP contribution in [0.4, 0.5) is 17.6 Å². The lowest BCUT2D eigenvalue weighted by Crippen LogP contribution is -2.42. The number of methoxy groups -OCH3 is 1. The number of nitrogens with one attached hydrogen (secondary N) is 2. The van der Waals surface area contributed by atoms with Crippen molar-refractivity contribution in [3.05, 3.63) is 87.6 Å². The monoisotopic (exact) mass is 585 g/mol. The highest BCUT2D eigenvalue weighted by molar-refractivity contribution is 5.85. The van der Waals surface area contributed by atoms with Crippen molar-refractivity contribution in [1.29, 1.82) is 0 Å². The van der Waals surface area contributed by atoms with Gasteiger partial charge in [-0.1, -0.05) is 0 Å². The van der Waals surface area contributed by atoms with Gasteiger partial charge in [-0.25, -0.2) is 9.37 Å². The molecule has 4 N–H and O–H groups in total. The molecular weight excluding hydrogens is 558 g/mol. The van der Waals surface area contributed by atoms with Crippen molar-refractivity contribution in [3.8, 4) is 22.8 Å². The maximum atomic E-state index is 14.0. The summed E-state index contributed by atoms with van der Waals surface area (Å²) in [5.74, 6) is -2.51. The number of fused-ring (bicyclic) bond motifs is 2. The number of ether oxygens (including phenoxy) is 2. The first kappa shape index (κ1) is 28.1. The predicted molar refractivity (Wildman–Crippen MR) is 145 cm³/mol. The number of aliphatic hydroxyl groups excluding tert-OH is 1. The smallest absolute Gasteiger partial charge is 0.399 e. The molecule has 0 saturated heterocycles. The van der Waals surface area contributed by atoms with E-state index in [4.69, 9.17) is 9.47 Å². The van der Waals surface area contributed by atoms with Gasteiger partial charge in [-0.3, -0.25) is 10.1 Å². The molecule has 1 aliphatic carbocycles. The van der Waals surface area contributed by atoms with Crippen molar-refractivity contribution in [1.82, 2.24) is 15.3 Å². The van der Waals surface area contributed by atoms with Crippen LogP contribution in [0, 0.1) is 11.7 Å². The van der Waals surface area contributed by atoms with E-state index in [1.54, 1.807) is 12.1 Å². The molecule has 6 rings (SSSR count). The molecule has 3 atom stereocenters. The maximum absolute atomic E-state index is 14.0. The first-order valence-electron chi connectivity index (χ1n) is 13.3. The lowest BCUT2D eigenvalue weighted by molar-refractivity contribution is -0.151. The van der Waals surface area contributed by atoms with Crippen LogP contribution in [0.1, 0.15) is 41.8 Å². The van der Waals surface area contributed by atoms with Gasteiger partial charge in [-0.2, -0.15) is 13.2 Å². The first-order valence-corrected chi connectivity index (χ1v) is 13.3.